The predicted octanol–water partition coefficient (Wildman–Crippen LogP) is 3.49. The topological polar surface area (TPSA) is 136 Å². The van der Waals surface area contributed by atoms with Crippen LogP contribution in [-0.2, 0) is 4.79 Å². The average molecular weight is 421 g/mol. The van der Waals surface area contributed by atoms with E-state index >= 15 is 0 Å². The van der Waals surface area contributed by atoms with E-state index < -0.39 is 4.92 Å². The van der Waals surface area contributed by atoms with E-state index in [0.29, 0.717) is 27.1 Å². The standard InChI is InChI=1S/C17H17ClN6O3S/c1-10-16(28-17(21-10)23-15(25)9-18)14(19)6-7-20-11(2)22-12-4-3-5-13(8-12)24(26)27/h3-8,22H,2,9,19H2,1H3,(H,21,23,25)/b14-6-,20-7-. The number of allylic oxidation sites excluding steroid dienone is 1. The number of nitro benzene ring substituents is 1. The maximum absolute atomic E-state index is 11.3. The molecule has 9 nitrogen and oxygen atoms in total. The number of nitrogens with zero attached hydrogens (tertiary/aromatic N) is 3. The minimum absolute atomic E-state index is 0.0383. The first-order chi connectivity index (χ1) is 13.3. The Bertz CT molecular complexity index is 970. The number of non-ortho nitro benzene ring substituents is 1. The number of rotatable bonds is 8. The average Bonchev–Trinajstić information content (AvgIpc) is 3.01. The van der Waals surface area contributed by atoms with Crippen molar-refractivity contribution in [1.82, 2.24) is 4.98 Å². The van der Waals surface area contributed by atoms with E-state index in [1.807, 2.05) is 0 Å². The van der Waals surface area contributed by atoms with Crippen LogP contribution in [0.25, 0.3) is 5.70 Å². The monoisotopic (exact) mass is 420 g/mol. The number of aliphatic imine (C=N–C) groups is 1. The first-order valence-electron chi connectivity index (χ1n) is 7.84. The number of benzene rings is 1. The smallest absolute Gasteiger partial charge is 0.271 e. The Morgan fingerprint density at radius 3 is 2.93 bits per heavy atom. The van der Waals surface area contributed by atoms with Crippen molar-refractivity contribution in [3.05, 3.63) is 63.4 Å². The molecule has 0 atom stereocenters. The molecule has 0 saturated heterocycles. The third kappa shape index (κ3) is 5.89. The van der Waals surface area contributed by atoms with Gasteiger partial charge in [-0.05, 0) is 19.1 Å². The summed E-state index contributed by atoms with van der Waals surface area (Å²) in [6.45, 7) is 5.51. The second-order valence-corrected chi connectivity index (χ2v) is 6.66. The number of anilines is 2. The second-order valence-electron chi connectivity index (χ2n) is 5.39. The number of nitro groups is 1. The van der Waals surface area contributed by atoms with Gasteiger partial charge in [-0.2, -0.15) is 0 Å². The van der Waals surface area contributed by atoms with Gasteiger partial charge in [0.1, 0.15) is 11.7 Å². The Kier molecular flexibility index (Phi) is 7.24. The number of halogens is 1. The highest BCUT2D eigenvalue weighted by Gasteiger charge is 2.11. The van der Waals surface area contributed by atoms with Gasteiger partial charge in [0, 0.05) is 24.0 Å². The molecule has 0 unspecified atom stereocenters. The SMILES string of the molecule is C=C(/N=C\C=C(/N)c1sc(NC(=O)CCl)nc1C)Nc1cccc([N+](=O)[O-])c1. The second kappa shape index (κ2) is 9.62. The number of nitrogens with two attached hydrogens (primary N) is 1. The Morgan fingerprint density at radius 1 is 1.50 bits per heavy atom. The van der Waals surface area contributed by atoms with E-state index in [0.717, 1.165) is 0 Å². The van der Waals surface area contributed by atoms with Gasteiger partial charge in [-0.25, -0.2) is 9.98 Å². The van der Waals surface area contributed by atoms with Crippen LogP contribution in [0.5, 0.6) is 0 Å². The number of nitrogens with one attached hydrogen (secondary N) is 2. The number of aromatic nitrogens is 1. The van der Waals surface area contributed by atoms with Gasteiger partial charge in [0.2, 0.25) is 5.91 Å². The highest BCUT2D eigenvalue weighted by molar-refractivity contribution is 7.17. The van der Waals surface area contributed by atoms with E-state index in [4.69, 9.17) is 17.3 Å². The van der Waals surface area contributed by atoms with E-state index in [1.54, 1.807) is 25.1 Å². The number of carbonyl (C=O) groups excluding carboxylic acids is 1. The molecule has 146 valence electrons. The molecular weight excluding hydrogens is 404 g/mol. The number of thiazole rings is 1. The first kappa shape index (κ1) is 21.1. The molecular formula is C17H17ClN6O3S. The number of aryl methyl sites for hydroxylation is 1. The van der Waals surface area contributed by atoms with Gasteiger partial charge in [-0.1, -0.05) is 24.0 Å². The van der Waals surface area contributed by atoms with Crippen LogP contribution in [0.2, 0.25) is 0 Å². The molecule has 0 aliphatic carbocycles. The zero-order valence-electron chi connectivity index (χ0n) is 14.8. The highest BCUT2D eigenvalue weighted by Crippen LogP contribution is 2.26. The van der Waals surface area contributed by atoms with Crippen LogP contribution in [0.1, 0.15) is 10.6 Å². The molecule has 1 aromatic carbocycles. The van der Waals surface area contributed by atoms with Gasteiger partial charge in [-0.3, -0.25) is 14.9 Å². The number of alkyl halides is 1. The molecule has 0 aliphatic rings. The summed E-state index contributed by atoms with van der Waals surface area (Å²) in [5.41, 5.74) is 7.56. The van der Waals surface area contributed by atoms with Gasteiger partial charge >= 0.3 is 0 Å². The van der Waals surface area contributed by atoms with Crippen molar-refractivity contribution in [2.75, 3.05) is 16.5 Å². The lowest BCUT2D eigenvalue weighted by atomic mass is 10.3. The summed E-state index contributed by atoms with van der Waals surface area (Å²) < 4.78 is 0. The minimum Gasteiger partial charge on any atom is -0.397 e. The largest absolute Gasteiger partial charge is 0.397 e. The Hall–Kier alpha value is -3.24. The Morgan fingerprint density at radius 2 is 2.25 bits per heavy atom. The molecule has 2 aromatic rings. The van der Waals surface area contributed by atoms with Crippen molar-refractivity contribution >= 4 is 57.3 Å². The summed E-state index contributed by atoms with van der Waals surface area (Å²) in [6, 6.07) is 5.99. The van der Waals surface area contributed by atoms with Crippen molar-refractivity contribution < 1.29 is 9.72 Å². The van der Waals surface area contributed by atoms with Crippen LogP contribution < -0.4 is 16.4 Å². The Balaban J connectivity index is 2.03. The molecule has 1 aromatic heterocycles. The summed E-state index contributed by atoms with van der Waals surface area (Å²) in [5.74, 6) is -0.235. The van der Waals surface area contributed by atoms with Crippen molar-refractivity contribution in [2.24, 2.45) is 10.7 Å². The Labute approximate surface area is 169 Å². The molecule has 0 fully saturated rings. The van der Waals surface area contributed by atoms with Crippen molar-refractivity contribution in [2.45, 2.75) is 6.92 Å². The molecule has 2 rings (SSSR count). The third-order valence-corrected chi connectivity index (χ3v) is 4.62. The summed E-state index contributed by atoms with van der Waals surface area (Å²) in [7, 11) is 0. The number of carbonyl (C=O) groups is 1. The number of hydrogen-bond acceptors (Lipinski definition) is 8. The van der Waals surface area contributed by atoms with Crippen LogP contribution in [0.15, 0.2) is 47.7 Å². The first-order valence-corrected chi connectivity index (χ1v) is 9.19. The van der Waals surface area contributed by atoms with E-state index in [-0.39, 0.29) is 23.3 Å². The fraction of sp³-hybridized carbons (Fsp3) is 0.118. The maximum Gasteiger partial charge on any atom is 0.271 e. The van der Waals surface area contributed by atoms with Gasteiger partial charge in [0.05, 0.1) is 21.2 Å². The molecule has 0 bridgehead atoms. The summed E-state index contributed by atoms with van der Waals surface area (Å²) >= 11 is 6.67. The molecule has 4 N–H and O–H groups in total. The van der Waals surface area contributed by atoms with E-state index in [9.17, 15) is 14.9 Å². The molecule has 0 spiro atoms. The highest BCUT2D eigenvalue weighted by atomic mass is 35.5. The molecule has 28 heavy (non-hydrogen) atoms. The van der Waals surface area contributed by atoms with Gasteiger partial charge in [0.25, 0.3) is 5.69 Å². The summed E-state index contributed by atoms with van der Waals surface area (Å²) in [4.78, 5) is 30.6. The van der Waals surface area contributed by atoms with E-state index in [2.05, 4.69) is 27.2 Å². The number of amides is 1. The fourth-order valence-electron chi connectivity index (χ4n) is 2.05. The molecule has 1 amide bonds. The van der Waals surface area contributed by atoms with Crippen molar-refractivity contribution in [3.8, 4) is 0 Å². The lowest BCUT2D eigenvalue weighted by Gasteiger charge is -2.04. The van der Waals surface area contributed by atoms with Crippen LogP contribution in [0, 0.1) is 17.0 Å². The van der Waals surface area contributed by atoms with E-state index in [1.165, 1.54) is 29.7 Å². The van der Waals surface area contributed by atoms with Crippen LogP contribution in [0.4, 0.5) is 16.5 Å². The lowest BCUT2D eigenvalue weighted by molar-refractivity contribution is -0.384. The minimum atomic E-state index is -0.484. The zero-order chi connectivity index (χ0) is 20.7. The molecule has 11 heteroatoms. The number of hydrogen-bond donors (Lipinski definition) is 3. The summed E-state index contributed by atoms with van der Waals surface area (Å²) in [5, 5.41) is 16.6. The van der Waals surface area contributed by atoms with Gasteiger partial charge in [0.15, 0.2) is 5.13 Å². The fourth-order valence-corrected chi connectivity index (χ4v) is 3.04. The zero-order valence-corrected chi connectivity index (χ0v) is 16.4. The quantitative estimate of drug-likeness (QED) is 0.259. The van der Waals surface area contributed by atoms with Crippen LogP contribution in [0.3, 0.4) is 0 Å². The van der Waals surface area contributed by atoms with Crippen LogP contribution in [-0.4, -0.2) is 27.9 Å². The van der Waals surface area contributed by atoms with Crippen molar-refractivity contribution in [3.63, 3.8) is 0 Å². The molecule has 1 heterocycles. The molecule has 0 radical (unpaired) electrons. The van der Waals surface area contributed by atoms with Crippen LogP contribution >= 0.6 is 22.9 Å². The molecule has 0 saturated carbocycles. The van der Waals surface area contributed by atoms with Gasteiger partial charge < -0.3 is 16.4 Å². The lowest BCUT2D eigenvalue weighted by Crippen LogP contribution is -2.12. The third-order valence-electron chi connectivity index (χ3n) is 3.26. The molecule has 0 aliphatic heterocycles. The maximum atomic E-state index is 11.3. The van der Waals surface area contributed by atoms with Gasteiger partial charge in [-0.15, -0.1) is 11.6 Å². The van der Waals surface area contributed by atoms with Crippen molar-refractivity contribution in [1.29, 1.82) is 0 Å². The predicted molar refractivity (Wildman–Crippen MR) is 113 cm³/mol. The summed E-state index contributed by atoms with van der Waals surface area (Å²) in [6.07, 6.45) is 3.01. The normalized spacial score (nSPS) is 11.4.